The summed E-state index contributed by atoms with van der Waals surface area (Å²) in [7, 11) is 0. The monoisotopic (exact) mass is 317 g/mol. The van der Waals surface area contributed by atoms with E-state index in [1.165, 1.54) is 0 Å². The van der Waals surface area contributed by atoms with Gasteiger partial charge >= 0.3 is 0 Å². The first-order valence-electron chi connectivity index (χ1n) is 5.53. The van der Waals surface area contributed by atoms with Gasteiger partial charge in [-0.3, -0.25) is 4.68 Å². The van der Waals surface area contributed by atoms with Gasteiger partial charge in [-0.2, -0.15) is 5.10 Å². The van der Waals surface area contributed by atoms with Crippen molar-refractivity contribution in [2.45, 2.75) is 45.4 Å². The molecule has 1 aromatic rings. The SMILES string of the molecule is Cc1nn2c(c1Br)/C(=N/[S@+]([O-])C(C)(C)C)CC2. The number of hydrogen-bond donors (Lipinski definition) is 0. The molecular formula is C11H16BrN3OS. The Labute approximate surface area is 113 Å². The van der Waals surface area contributed by atoms with E-state index in [2.05, 4.69) is 25.4 Å². The quantitative estimate of drug-likeness (QED) is 0.748. The molecule has 1 aliphatic heterocycles. The van der Waals surface area contributed by atoms with Crippen molar-refractivity contribution < 1.29 is 4.55 Å². The molecule has 6 heteroatoms. The Hall–Kier alpha value is -0.330. The molecule has 0 aliphatic carbocycles. The van der Waals surface area contributed by atoms with Gasteiger partial charge in [0.15, 0.2) is 0 Å². The maximum atomic E-state index is 12.0. The minimum Gasteiger partial charge on any atom is -0.591 e. The lowest BCUT2D eigenvalue weighted by Gasteiger charge is -2.18. The van der Waals surface area contributed by atoms with E-state index in [9.17, 15) is 4.55 Å². The minimum absolute atomic E-state index is 0.317. The highest BCUT2D eigenvalue weighted by molar-refractivity contribution is 9.10. The third kappa shape index (κ3) is 2.44. The van der Waals surface area contributed by atoms with E-state index >= 15 is 0 Å². The van der Waals surface area contributed by atoms with E-state index < -0.39 is 11.4 Å². The highest BCUT2D eigenvalue weighted by Gasteiger charge is 2.31. The average molecular weight is 318 g/mol. The fourth-order valence-corrected chi connectivity index (χ4v) is 2.82. The summed E-state index contributed by atoms with van der Waals surface area (Å²) in [5.41, 5.74) is 2.83. The zero-order valence-electron chi connectivity index (χ0n) is 10.5. The molecular weight excluding hydrogens is 302 g/mol. The van der Waals surface area contributed by atoms with Crippen LogP contribution in [0.5, 0.6) is 0 Å². The summed E-state index contributed by atoms with van der Waals surface area (Å²) in [6.45, 7) is 8.56. The van der Waals surface area contributed by atoms with Crippen LogP contribution in [0.25, 0.3) is 0 Å². The van der Waals surface area contributed by atoms with Gasteiger partial charge in [0.05, 0.1) is 10.2 Å². The van der Waals surface area contributed by atoms with Crippen molar-refractivity contribution in [3.8, 4) is 0 Å². The van der Waals surface area contributed by atoms with E-state index in [0.717, 1.165) is 34.5 Å². The van der Waals surface area contributed by atoms with E-state index in [0.29, 0.717) is 0 Å². The summed E-state index contributed by atoms with van der Waals surface area (Å²) in [6.07, 6.45) is 0.809. The molecule has 0 saturated heterocycles. The molecule has 17 heavy (non-hydrogen) atoms. The van der Waals surface area contributed by atoms with Crippen LogP contribution >= 0.6 is 15.9 Å². The zero-order valence-corrected chi connectivity index (χ0v) is 12.9. The lowest BCUT2D eigenvalue weighted by atomic mass is 10.2. The highest BCUT2D eigenvalue weighted by atomic mass is 79.9. The van der Waals surface area contributed by atoms with Crippen molar-refractivity contribution in [2.24, 2.45) is 4.40 Å². The highest BCUT2D eigenvalue weighted by Crippen LogP contribution is 2.29. The molecule has 0 aromatic carbocycles. The topological polar surface area (TPSA) is 53.2 Å². The fraction of sp³-hybridized carbons (Fsp3) is 0.636. The van der Waals surface area contributed by atoms with Crippen LogP contribution in [-0.4, -0.2) is 24.8 Å². The third-order valence-corrected chi connectivity index (χ3v) is 4.99. The number of aryl methyl sites for hydroxylation is 2. The lowest BCUT2D eigenvalue weighted by Crippen LogP contribution is -2.26. The lowest BCUT2D eigenvalue weighted by molar-refractivity contribution is 0.561. The Morgan fingerprint density at radius 3 is 2.71 bits per heavy atom. The first-order chi connectivity index (χ1) is 7.80. The molecule has 0 bridgehead atoms. The standard InChI is InChI=1S/C11H16BrN3OS/c1-7-9(12)10-8(5-6-15(10)13-7)14-17(16)11(2,3)4/h5-6H2,1-4H3/b14-8+/t17-/m1/s1. The molecule has 2 heterocycles. The second-order valence-corrected chi connectivity index (χ2v) is 7.82. The summed E-state index contributed by atoms with van der Waals surface area (Å²) in [5, 5.41) is 4.40. The van der Waals surface area contributed by atoms with Crippen LogP contribution < -0.4 is 0 Å². The van der Waals surface area contributed by atoms with Crippen molar-refractivity contribution in [1.82, 2.24) is 9.78 Å². The van der Waals surface area contributed by atoms with E-state index in [-0.39, 0.29) is 4.75 Å². The van der Waals surface area contributed by atoms with Crippen LogP contribution in [0.1, 0.15) is 38.6 Å². The second-order valence-electron chi connectivity index (χ2n) is 5.12. The Balaban J connectivity index is 2.36. The maximum Gasteiger partial charge on any atom is 0.144 e. The Morgan fingerprint density at radius 1 is 1.47 bits per heavy atom. The molecule has 0 spiro atoms. The van der Waals surface area contributed by atoms with Crippen LogP contribution in [0.4, 0.5) is 0 Å². The summed E-state index contributed by atoms with van der Waals surface area (Å²) in [4.78, 5) is 0. The van der Waals surface area contributed by atoms with Gasteiger partial charge in [0.25, 0.3) is 0 Å². The van der Waals surface area contributed by atoms with Crippen molar-refractivity contribution in [3.05, 3.63) is 15.9 Å². The molecule has 4 nitrogen and oxygen atoms in total. The zero-order chi connectivity index (χ0) is 12.8. The van der Waals surface area contributed by atoms with Gasteiger partial charge in [-0.15, -0.1) is 0 Å². The summed E-state index contributed by atoms with van der Waals surface area (Å²) >= 11 is 2.31. The molecule has 1 atom stereocenters. The number of nitrogens with zero attached hydrogens (tertiary/aromatic N) is 3. The van der Waals surface area contributed by atoms with Crippen molar-refractivity contribution in [3.63, 3.8) is 0 Å². The van der Waals surface area contributed by atoms with E-state index in [4.69, 9.17) is 0 Å². The van der Waals surface area contributed by atoms with Crippen LogP contribution in [0.2, 0.25) is 0 Å². The summed E-state index contributed by atoms with van der Waals surface area (Å²) in [6, 6.07) is 0. The number of hydrogen-bond acceptors (Lipinski definition) is 3. The van der Waals surface area contributed by atoms with E-state index in [1.807, 2.05) is 32.4 Å². The van der Waals surface area contributed by atoms with Crippen molar-refractivity contribution in [2.75, 3.05) is 0 Å². The van der Waals surface area contributed by atoms with Gasteiger partial charge in [0.1, 0.15) is 27.5 Å². The predicted molar refractivity (Wildman–Crippen MR) is 73.7 cm³/mol. The van der Waals surface area contributed by atoms with Crippen LogP contribution in [0.3, 0.4) is 0 Å². The molecule has 94 valence electrons. The van der Waals surface area contributed by atoms with Crippen molar-refractivity contribution in [1.29, 1.82) is 0 Å². The second kappa shape index (κ2) is 4.40. The Kier molecular flexibility index (Phi) is 3.40. The van der Waals surface area contributed by atoms with Gasteiger partial charge in [-0.05, 0) is 43.6 Å². The molecule has 0 saturated carbocycles. The van der Waals surface area contributed by atoms with Crippen LogP contribution in [-0.2, 0) is 17.9 Å². The summed E-state index contributed by atoms with van der Waals surface area (Å²) < 4.78 is 19.0. The number of fused-ring (bicyclic) bond motifs is 1. The van der Waals surface area contributed by atoms with Gasteiger partial charge in [-0.1, -0.05) is 4.40 Å². The number of halogens is 1. The van der Waals surface area contributed by atoms with Gasteiger partial charge in [0.2, 0.25) is 0 Å². The molecule has 0 fully saturated rings. The van der Waals surface area contributed by atoms with Crippen LogP contribution in [0, 0.1) is 6.92 Å². The van der Waals surface area contributed by atoms with Crippen molar-refractivity contribution >= 4 is 33.0 Å². The Bertz CT molecular complexity index is 476. The van der Waals surface area contributed by atoms with Gasteiger partial charge in [0, 0.05) is 13.0 Å². The normalized spacial score (nSPS) is 19.8. The molecule has 0 unspecified atom stereocenters. The molecule has 1 aliphatic rings. The summed E-state index contributed by atoms with van der Waals surface area (Å²) in [5.74, 6) is 0. The molecule has 1 aromatic heterocycles. The average Bonchev–Trinajstić information content (AvgIpc) is 2.69. The molecule has 2 rings (SSSR count). The van der Waals surface area contributed by atoms with E-state index in [1.54, 1.807) is 0 Å². The van der Waals surface area contributed by atoms with Gasteiger partial charge < -0.3 is 4.55 Å². The fourth-order valence-electron chi connectivity index (χ4n) is 1.65. The predicted octanol–water partition coefficient (Wildman–Crippen LogP) is 2.61. The first kappa shape index (κ1) is 13.1. The van der Waals surface area contributed by atoms with Crippen LogP contribution in [0.15, 0.2) is 8.87 Å². The molecule has 0 N–H and O–H groups in total. The Morgan fingerprint density at radius 2 is 2.12 bits per heavy atom. The minimum atomic E-state index is -1.21. The molecule has 0 amide bonds. The third-order valence-electron chi connectivity index (χ3n) is 2.61. The number of rotatable bonds is 1. The number of aromatic nitrogens is 2. The largest absolute Gasteiger partial charge is 0.591 e. The molecule has 0 radical (unpaired) electrons. The smallest absolute Gasteiger partial charge is 0.144 e. The van der Waals surface area contributed by atoms with Gasteiger partial charge in [-0.25, -0.2) is 0 Å². The maximum absolute atomic E-state index is 12.0. The first-order valence-corrected chi connectivity index (χ1v) is 7.43.